The first-order chi connectivity index (χ1) is 13.0. The Morgan fingerprint density at radius 1 is 1.07 bits per heavy atom. The highest BCUT2D eigenvalue weighted by molar-refractivity contribution is 6.31. The maximum atomic E-state index is 12.5. The molecule has 1 amide bonds. The highest BCUT2D eigenvalue weighted by Crippen LogP contribution is 2.32. The van der Waals surface area contributed by atoms with E-state index >= 15 is 0 Å². The highest BCUT2D eigenvalue weighted by atomic mass is 35.5. The molecule has 3 aromatic carbocycles. The van der Waals surface area contributed by atoms with E-state index in [9.17, 15) is 9.90 Å². The Kier molecular flexibility index (Phi) is 5.47. The first kappa shape index (κ1) is 18.5. The van der Waals surface area contributed by atoms with Gasteiger partial charge in [-0.1, -0.05) is 35.9 Å². The number of carbonyl (C=O) groups excluding carboxylic acids is 1. The first-order valence-corrected chi connectivity index (χ1v) is 8.38. The van der Waals surface area contributed by atoms with Crippen LogP contribution in [0.4, 0.5) is 0 Å². The van der Waals surface area contributed by atoms with Crippen LogP contribution < -0.4 is 14.9 Å². The minimum Gasteiger partial charge on any atom is -0.504 e. The van der Waals surface area contributed by atoms with Gasteiger partial charge in [0.15, 0.2) is 11.5 Å². The van der Waals surface area contributed by atoms with Gasteiger partial charge in [-0.05, 0) is 29.0 Å². The Hall–Kier alpha value is -3.25. The molecule has 2 N–H and O–H groups in total. The van der Waals surface area contributed by atoms with Crippen LogP contribution in [0.2, 0.25) is 5.02 Å². The quantitative estimate of drug-likeness (QED) is 0.515. The van der Waals surface area contributed by atoms with Gasteiger partial charge in [-0.2, -0.15) is 5.10 Å². The first-order valence-electron chi connectivity index (χ1n) is 8.00. The van der Waals surface area contributed by atoms with E-state index < -0.39 is 5.91 Å². The lowest BCUT2D eigenvalue weighted by Crippen LogP contribution is -2.18. The van der Waals surface area contributed by atoms with Crippen LogP contribution in [0.15, 0.2) is 53.6 Å². The Morgan fingerprint density at radius 3 is 2.41 bits per heavy atom. The average Bonchev–Trinajstić information content (AvgIpc) is 2.68. The molecule has 3 rings (SSSR count). The summed E-state index contributed by atoms with van der Waals surface area (Å²) in [7, 11) is 2.92. The van der Waals surface area contributed by atoms with Crippen molar-refractivity contribution in [2.75, 3.05) is 14.2 Å². The van der Waals surface area contributed by atoms with Crippen LogP contribution in [-0.2, 0) is 0 Å². The number of nitrogens with one attached hydrogen (secondary N) is 1. The Morgan fingerprint density at radius 2 is 1.74 bits per heavy atom. The molecule has 0 aliphatic rings. The molecule has 0 unspecified atom stereocenters. The normalized spacial score (nSPS) is 10.9. The largest absolute Gasteiger partial charge is 0.504 e. The molecule has 27 heavy (non-hydrogen) atoms. The van der Waals surface area contributed by atoms with E-state index in [1.807, 2.05) is 24.3 Å². The van der Waals surface area contributed by atoms with E-state index in [1.54, 1.807) is 12.1 Å². The lowest BCUT2D eigenvalue weighted by molar-refractivity contribution is 0.0952. The van der Waals surface area contributed by atoms with Crippen LogP contribution in [0.3, 0.4) is 0 Å². The Bertz CT molecular complexity index is 1030. The van der Waals surface area contributed by atoms with Crippen LogP contribution in [0.5, 0.6) is 17.2 Å². The van der Waals surface area contributed by atoms with Crippen molar-refractivity contribution in [2.45, 2.75) is 0 Å². The number of hydrogen-bond acceptors (Lipinski definition) is 5. The van der Waals surface area contributed by atoms with Crippen molar-refractivity contribution >= 4 is 34.5 Å². The molecular weight excluding hydrogens is 368 g/mol. The molecule has 0 atom stereocenters. The van der Waals surface area contributed by atoms with Crippen molar-refractivity contribution in [3.05, 3.63) is 64.7 Å². The third kappa shape index (κ3) is 3.96. The van der Waals surface area contributed by atoms with Gasteiger partial charge in [0.05, 0.1) is 26.0 Å². The average molecular weight is 385 g/mol. The van der Waals surface area contributed by atoms with E-state index in [-0.39, 0.29) is 11.5 Å². The molecule has 0 saturated heterocycles. The smallest absolute Gasteiger partial charge is 0.275 e. The molecule has 0 bridgehead atoms. The molecule has 7 heteroatoms. The number of phenols is 1. The van der Waals surface area contributed by atoms with Crippen molar-refractivity contribution in [3.8, 4) is 17.2 Å². The molecule has 0 aliphatic carbocycles. The summed E-state index contributed by atoms with van der Waals surface area (Å²) in [4.78, 5) is 12.5. The topological polar surface area (TPSA) is 80.2 Å². The number of phenolic OH excluding ortho intramolecular Hbond substituents is 1. The summed E-state index contributed by atoms with van der Waals surface area (Å²) < 4.78 is 10.4. The van der Waals surface area contributed by atoms with Crippen molar-refractivity contribution < 1.29 is 19.4 Å². The fourth-order valence-electron chi connectivity index (χ4n) is 2.63. The lowest BCUT2D eigenvalue weighted by Gasteiger charge is -2.09. The molecule has 0 fully saturated rings. The number of rotatable bonds is 5. The van der Waals surface area contributed by atoms with Gasteiger partial charge in [-0.25, -0.2) is 5.43 Å². The number of halogens is 1. The number of benzene rings is 3. The predicted molar refractivity (Wildman–Crippen MR) is 105 cm³/mol. The number of amides is 1. The summed E-state index contributed by atoms with van der Waals surface area (Å²) in [5.41, 5.74) is 3.09. The molecule has 3 aromatic rings. The van der Waals surface area contributed by atoms with Gasteiger partial charge in [-0.3, -0.25) is 4.79 Å². The predicted octanol–water partition coefficient (Wildman–Crippen LogP) is 3.98. The SMILES string of the molecule is COc1cc2ccccc2cc1C(=O)N/N=C\c1cc(Cl)cc(OC)c1O. The third-order valence-electron chi connectivity index (χ3n) is 3.97. The van der Waals surface area contributed by atoms with Gasteiger partial charge < -0.3 is 14.6 Å². The van der Waals surface area contributed by atoms with Crippen LogP contribution in [0, 0.1) is 0 Å². The Balaban J connectivity index is 1.85. The van der Waals surface area contributed by atoms with Crippen molar-refractivity contribution in [1.29, 1.82) is 0 Å². The van der Waals surface area contributed by atoms with Crippen molar-refractivity contribution in [2.24, 2.45) is 5.10 Å². The zero-order chi connectivity index (χ0) is 19.4. The molecule has 0 aliphatic heterocycles. The minimum absolute atomic E-state index is 0.122. The number of hydrazone groups is 1. The van der Waals surface area contributed by atoms with E-state index in [1.165, 1.54) is 32.6 Å². The van der Waals surface area contributed by atoms with Gasteiger partial charge in [0.1, 0.15) is 5.75 Å². The van der Waals surface area contributed by atoms with E-state index in [4.69, 9.17) is 21.1 Å². The maximum absolute atomic E-state index is 12.5. The monoisotopic (exact) mass is 384 g/mol. The fourth-order valence-corrected chi connectivity index (χ4v) is 2.85. The van der Waals surface area contributed by atoms with Gasteiger partial charge >= 0.3 is 0 Å². The molecule has 0 aromatic heterocycles. The van der Waals surface area contributed by atoms with Gasteiger partial charge in [0.25, 0.3) is 5.91 Å². The maximum Gasteiger partial charge on any atom is 0.275 e. The van der Waals surface area contributed by atoms with E-state index in [2.05, 4.69) is 10.5 Å². The number of ether oxygens (including phenoxy) is 2. The lowest BCUT2D eigenvalue weighted by atomic mass is 10.1. The molecule has 0 radical (unpaired) electrons. The number of aromatic hydroxyl groups is 1. The van der Waals surface area contributed by atoms with Crippen molar-refractivity contribution in [1.82, 2.24) is 5.43 Å². The second kappa shape index (κ2) is 7.97. The summed E-state index contributed by atoms with van der Waals surface area (Å²) in [6.07, 6.45) is 1.29. The van der Waals surface area contributed by atoms with Crippen LogP contribution in [0.25, 0.3) is 10.8 Å². The standard InChI is InChI=1S/C20H17ClN2O4/c1-26-17-9-13-6-4-3-5-12(13)8-16(17)20(25)23-22-11-14-7-15(21)10-18(27-2)19(14)24/h3-11,24H,1-2H3,(H,23,25)/b22-11-. The molecule has 0 saturated carbocycles. The summed E-state index contributed by atoms with van der Waals surface area (Å²) in [5, 5.41) is 16.2. The molecular formula is C20H17ClN2O4. The second-order valence-corrected chi connectivity index (χ2v) is 6.08. The second-order valence-electron chi connectivity index (χ2n) is 5.64. The van der Waals surface area contributed by atoms with Gasteiger partial charge in [-0.15, -0.1) is 0 Å². The fraction of sp³-hybridized carbons (Fsp3) is 0.100. The number of carbonyl (C=O) groups is 1. The Labute approximate surface area is 161 Å². The summed E-state index contributed by atoms with van der Waals surface area (Å²) in [6, 6.07) is 14.2. The highest BCUT2D eigenvalue weighted by Gasteiger charge is 2.13. The summed E-state index contributed by atoms with van der Waals surface area (Å²) in [6.45, 7) is 0. The number of hydrogen-bond donors (Lipinski definition) is 2. The van der Waals surface area contributed by atoms with Crippen molar-refractivity contribution in [3.63, 3.8) is 0 Å². The van der Waals surface area contributed by atoms with Gasteiger partial charge in [0.2, 0.25) is 0 Å². The van der Waals surface area contributed by atoms with Crippen LogP contribution >= 0.6 is 11.6 Å². The molecule has 0 heterocycles. The zero-order valence-corrected chi connectivity index (χ0v) is 15.4. The minimum atomic E-state index is -0.442. The van der Waals surface area contributed by atoms with E-state index in [0.29, 0.717) is 21.9 Å². The molecule has 6 nitrogen and oxygen atoms in total. The summed E-state index contributed by atoms with van der Waals surface area (Å²) >= 11 is 5.98. The third-order valence-corrected chi connectivity index (χ3v) is 4.19. The number of fused-ring (bicyclic) bond motifs is 1. The molecule has 0 spiro atoms. The van der Waals surface area contributed by atoms with Gasteiger partial charge in [0, 0.05) is 16.7 Å². The zero-order valence-electron chi connectivity index (χ0n) is 14.7. The number of nitrogens with zero attached hydrogens (tertiary/aromatic N) is 1. The van der Waals surface area contributed by atoms with Crippen LogP contribution in [-0.4, -0.2) is 31.4 Å². The van der Waals surface area contributed by atoms with Crippen LogP contribution in [0.1, 0.15) is 15.9 Å². The van der Waals surface area contributed by atoms with E-state index in [0.717, 1.165) is 10.8 Å². The molecule has 138 valence electrons. The summed E-state index contributed by atoms with van der Waals surface area (Å²) in [5.74, 6) is 0.0886. The number of methoxy groups -OCH3 is 2.